The number of anilines is 6. The van der Waals surface area contributed by atoms with Crippen molar-refractivity contribution in [2.45, 2.75) is 41.0 Å². The summed E-state index contributed by atoms with van der Waals surface area (Å²) >= 11 is 0. The second kappa shape index (κ2) is 27.6. The molecule has 76 heavy (non-hydrogen) atoms. The van der Waals surface area contributed by atoms with E-state index in [1.54, 1.807) is 36.6 Å². The van der Waals surface area contributed by atoms with Gasteiger partial charge >= 0.3 is 0 Å². The van der Waals surface area contributed by atoms with Crippen molar-refractivity contribution in [3.05, 3.63) is 146 Å². The fourth-order valence-electron chi connectivity index (χ4n) is 8.06. The zero-order chi connectivity index (χ0) is 53.8. The first-order valence-electron chi connectivity index (χ1n) is 25.5. The van der Waals surface area contributed by atoms with Gasteiger partial charge < -0.3 is 40.1 Å². The largest absolute Gasteiger partial charge is 0.444 e. The van der Waals surface area contributed by atoms with Gasteiger partial charge in [0, 0.05) is 98.9 Å². The number of aryl methyl sites for hydroxylation is 2. The van der Waals surface area contributed by atoms with Crippen molar-refractivity contribution in [2.75, 3.05) is 80.1 Å². The van der Waals surface area contributed by atoms with Crippen molar-refractivity contribution in [1.29, 1.82) is 0 Å². The van der Waals surface area contributed by atoms with Crippen LogP contribution < -0.4 is 30.7 Å². The summed E-state index contributed by atoms with van der Waals surface area (Å²) in [4.78, 5) is 49.4. The zero-order valence-corrected chi connectivity index (χ0v) is 44.6. The van der Waals surface area contributed by atoms with E-state index in [0.717, 1.165) is 45.0 Å². The number of oxazole rings is 1. The number of aromatic nitrogens is 9. The van der Waals surface area contributed by atoms with E-state index < -0.39 is 5.91 Å². The molecule has 8 aromatic rings. The van der Waals surface area contributed by atoms with Crippen molar-refractivity contribution in [2.24, 2.45) is 24.8 Å². The van der Waals surface area contributed by atoms with Gasteiger partial charge in [-0.2, -0.15) is 15.1 Å². The number of morpholine rings is 2. The van der Waals surface area contributed by atoms with E-state index in [1.807, 2.05) is 143 Å². The first kappa shape index (κ1) is 55.1. The predicted molar refractivity (Wildman–Crippen MR) is 300 cm³/mol. The number of hydrogen-bond donors (Lipinski definition) is 3. The molecular weight excluding hydrogens is 959 g/mol. The lowest BCUT2D eigenvalue weighted by Gasteiger charge is -2.28. The number of carbonyl (C=O) groups is 1. The normalized spacial score (nSPS) is 13.4. The molecule has 2 aliphatic heterocycles. The molecule has 0 saturated carbocycles. The van der Waals surface area contributed by atoms with E-state index in [2.05, 4.69) is 60.4 Å². The highest BCUT2D eigenvalue weighted by molar-refractivity contribution is 6.10. The molecule has 0 bridgehead atoms. The van der Waals surface area contributed by atoms with E-state index >= 15 is 0 Å². The molecule has 0 radical (unpaired) electrons. The SMILES string of the molecule is C/C=C\C(=NC)c1cccc(-c2nc(N3CCOCC3)nc(Nc3cc[n+](C)cc3)c2C(N)=O)c1.CC.CCC.Cn1ccc(-c2cccc(-c3nc(N4CCOCC4)nc(Nc4ccncc4)c3-c3ncco3)c2)n1. The number of primary amides is 1. The van der Waals surface area contributed by atoms with Gasteiger partial charge in [-0.1, -0.05) is 76.6 Å². The minimum absolute atomic E-state index is 0.230. The van der Waals surface area contributed by atoms with Crippen molar-refractivity contribution in [3.8, 4) is 45.2 Å². The maximum absolute atomic E-state index is 12.8. The second-order valence-electron chi connectivity index (χ2n) is 17.2. The number of nitrogens with zero attached hydrogens (tertiary/aromatic N) is 12. The van der Waals surface area contributed by atoms with Gasteiger partial charge in [-0.25, -0.2) is 19.5 Å². The van der Waals surface area contributed by atoms with Crippen LogP contribution >= 0.6 is 0 Å². The summed E-state index contributed by atoms with van der Waals surface area (Å²) in [6, 6.07) is 25.5. The average molecular weight is 1030 g/mol. The molecule has 2 aromatic carbocycles. The van der Waals surface area contributed by atoms with Crippen LogP contribution in [0.3, 0.4) is 0 Å². The van der Waals surface area contributed by atoms with Gasteiger partial charge in [-0.05, 0) is 43.3 Å². The summed E-state index contributed by atoms with van der Waals surface area (Å²) in [5.74, 6) is 1.91. The maximum Gasteiger partial charge on any atom is 0.254 e. The molecule has 19 heteroatoms. The Kier molecular flexibility index (Phi) is 20.0. The Morgan fingerprint density at radius 2 is 1.34 bits per heavy atom. The molecule has 6 aromatic heterocycles. The molecule has 0 atom stereocenters. The number of pyridine rings is 2. The standard InChI is InChI=1S/C26H24N8O2.C26H29N7O2.C3H8.C2H6/c1-33-11-7-21(32-33)18-3-2-4-19(17-18)23-22(25-28-10-14-36-25)24(29-20-5-8-27-9-6-20)31-26(30-23)34-12-15-35-16-13-34;1-4-6-21(28-2)18-7-5-8-19(17-18)23-22(24(27)34)25(29-20-9-11-32(3)12-10-20)31-26(30-23)33-13-15-35-16-14-33;1-3-2;1-2/h2-11,14,17H,12-13,15-16H2,1H3,(H,27,29,30,31);4-12,17H,13-16H2,1-3H3,(H2,27,34);3H2,1-2H3;1-2H3/p+1/b;6-4-,28-21?;;. The fourth-order valence-corrected chi connectivity index (χ4v) is 8.06. The van der Waals surface area contributed by atoms with Gasteiger partial charge in [0.15, 0.2) is 12.4 Å². The smallest absolute Gasteiger partial charge is 0.254 e. The number of carbonyl (C=O) groups excluding carboxylic acids is 1. The summed E-state index contributed by atoms with van der Waals surface area (Å²) in [7, 11) is 5.59. The first-order valence-corrected chi connectivity index (χ1v) is 25.5. The average Bonchev–Trinajstić information content (AvgIpc) is 4.19. The highest BCUT2D eigenvalue weighted by Gasteiger charge is 2.27. The summed E-state index contributed by atoms with van der Waals surface area (Å²) < 4.78 is 20.5. The number of aliphatic imine (C=N–C) groups is 1. The van der Waals surface area contributed by atoms with Crippen LogP contribution in [0.2, 0.25) is 0 Å². The number of benzene rings is 2. The number of amides is 1. The van der Waals surface area contributed by atoms with Crippen LogP contribution in [0.1, 0.15) is 57.0 Å². The van der Waals surface area contributed by atoms with Gasteiger partial charge in [-0.3, -0.25) is 19.5 Å². The molecule has 2 fully saturated rings. The highest BCUT2D eigenvalue weighted by atomic mass is 16.5. The molecular formula is C57H68N15O4+. The lowest BCUT2D eigenvalue weighted by Crippen LogP contribution is -2.37. The van der Waals surface area contributed by atoms with Crippen molar-refractivity contribution < 1.29 is 23.3 Å². The third kappa shape index (κ3) is 14.1. The molecule has 8 heterocycles. The molecule has 4 N–H and O–H groups in total. The van der Waals surface area contributed by atoms with Crippen LogP contribution in [0.25, 0.3) is 45.2 Å². The van der Waals surface area contributed by atoms with Crippen LogP contribution in [-0.4, -0.2) is 111 Å². The van der Waals surface area contributed by atoms with Gasteiger partial charge in [0.05, 0.1) is 61.1 Å². The monoisotopic (exact) mass is 1030 g/mol. The third-order valence-corrected chi connectivity index (χ3v) is 11.6. The lowest BCUT2D eigenvalue weighted by atomic mass is 10.0. The van der Waals surface area contributed by atoms with Crippen LogP contribution in [0.4, 0.5) is 34.9 Å². The summed E-state index contributed by atoms with van der Waals surface area (Å²) in [5.41, 5.74) is 14.9. The molecule has 0 spiro atoms. The maximum atomic E-state index is 12.8. The third-order valence-electron chi connectivity index (χ3n) is 11.6. The molecule has 0 unspecified atom stereocenters. The van der Waals surface area contributed by atoms with Crippen molar-refractivity contribution in [3.63, 3.8) is 0 Å². The van der Waals surface area contributed by atoms with Crippen molar-refractivity contribution in [1.82, 2.24) is 39.7 Å². The van der Waals surface area contributed by atoms with Gasteiger partial charge in [-0.15, -0.1) is 0 Å². The van der Waals surface area contributed by atoms with Crippen molar-refractivity contribution >= 4 is 46.5 Å². The number of ether oxygens (including phenoxy) is 2. The first-order chi connectivity index (χ1) is 37.2. The Labute approximate surface area is 444 Å². The van der Waals surface area contributed by atoms with E-state index in [0.29, 0.717) is 99.0 Å². The fraction of sp³-hybridized carbons (Fsp3) is 0.298. The Morgan fingerprint density at radius 1 is 0.763 bits per heavy atom. The van der Waals surface area contributed by atoms with E-state index in [1.165, 1.54) is 6.42 Å². The molecule has 10 rings (SSSR count). The number of nitrogens with two attached hydrogens (primary N) is 1. The van der Waals surface area contributed by atoms with E-state index in [9.17, 15) is 4.79 Å². The van der Waals surface area contributed by atoms with Gasteiger partial charge in [0.1, 0.15) is 36.1 Å². The number of allylic oxidation sites excluding steroid dienone is 2. The molecule has 19 nitrogen and oxygen atoms in total. The van der Waals surface area contributed by atoms with Crippen LogP contribution in [-0.2, 0) is 23.6 Å². The number of rotatable bonds is 13. The number of nitrogens with one attached hydrogen (secondary N) is 2. The molecule has 2 saturated heterocycles. The molecule has 2 aliphatic rings. The highest BCUT2D eigenvalue weighted by Crippen LogP contribution is 2.39. The van der Waals surface area contributed by atoms with Crippen LogP contribution in [0.15, 0.2) is 144 Å². The molecule has 394 valence electrons. The molecule has 1 amide bonds. The number of hydrogen-bond acceptors (Lipinski definition) is 16. The minimum atomic E-state index is -0.610. The minimum Gasteiger partial charge on any atom is -0.444 e. The summed E-state index contributed by atoms with van der Waals surface area (Å²) in [6.07, 6.45) is 17.5. The Balaban J connectivity index is 0.000000204. The Morgan fingerprint density at radius 3 is 1.92 bits per heavy atom. The summed E-state index contributed by atoms with van der Waals surface area (Å²) in [6.45, 7) is 15.4. The zero-order valence-electron chi connectivity index (χ0n) is 44.6. The molecule has 0 aliphatic carbocycles. The predicted octanol–water partition coefficient (Wildman–Crippen LogP) is 9.26. The lowest BCUT2D eigenvalue weighted by molar-refractivity contribution is -0.671. The Hall–Kier alpha value is -8.68. The topological polar surface area (TPSA) is 217 Å². The Bertz CT molecular complexity index is 3170. The second-order valence-corrected chi connectivity index (χ2v) is 17.2. The van der Waals surface area contributed by atoms with Gasteiger partial charge in [0.2, 0.25) is 17.8 Å². The van der Waals surface area contributed by atoms with Crippen LogP contribution in [0, 0.1) is 0 Å². The summed E-state index contributed by atoms with van der Waals surface area (Å²) in [5, 5.41) is 11.3. The quantitative estimate of drug-likeness (QED) is 0.0724. The van der Waals surface area contributed by atoms with E-state index in [-0.39, 0.29) is 5.56 Å². The van der Waals surface area contributed by atoms with Gasteiger partial charge in [0.25, 0.3) is 5.91 Å². The van der Waals surface area contributed by atoms with Crippen LogP contribution in [0.5, 0.6) is 0 Å². The van der Waals surface area contributed by atoms with E-state index in [4.69, 9.17) is 39.6 Å².